The highest BCUT2D eigenvalue weighted by Gasteiger charge is 2.38. The first kappa shape index (κ1) is 32.8. The van der Waals surface area contributed by atoms with E-state index >= 15 is 0 Å². The first-order chi connectivity index (χ1) is 21.6. The van der Waals surface area contributed by atoms with Gasteiger partial charge in [-0.15, -0.1) is 0 Å². The van der Waals surface area contributed by atoms with Gasteiger partial charge in [-0.05, 0) is 98.4 Å². The smallest absolute Gasteiger partial charge is 0.408 e. The monoisotopic (exact) mass is 648 g/mol. The Kier molecular flexibility index (Phi) is 8.78. The number of benzene rings is 3. The van der Waals surface area contributed by atoms with E-state index in [1.165, 1.54) is 5.56 Å². The van der Waals surface area contributed by atoms with Crippen molar-refractivity contribution in [3.63, 3.8) is 0 Å². The summed E-state index contributed by atoms with van der Waals surface area (Å²) in [4.78, 5) is 24.8. The lowest BCUT2D eigenvalue weighted by molar-refractivity contribution is -0.139. The minimum absolute atomic E-state index is 0.00132. The van der Waals surface area contributed by atoms with Gasteiger partial charge in [0.15, 0.2) is 0 Å². The van der Waals surface area contributed by atoms with Crippen LogP contribution in [0.3, 0.4) is 0 Å². The van der Waals surface area contributed by atoms with Crippen molar-refractivity contribution in [2.45, 2.75) is 83.4 Å². The number of hydrogen-bond acceptors (Lipinski definition) is 7. The Labute approximate surface area is 269 Å². The molecule has 1 amide bonds. The molecule has 3 aromatic carbocycles. The molecule has 1 atom stereocenters. The van der Waals surface area contributed by atoms with Crippen molar-refractivity contribution >= 4 is 28.0 Å². The van der Waals surface area contributed by atoms with E-state index in [1.54, 1.807) is 20.8 Å². The molecule has 0 unspecified atom stereocenters. The number of amides is 1. The molecule has 0 radical (unpaired) electrons. The third-order valence-electron chi connectivity index (χ3n) is 8.86. The van der Waals surface area contributed by atoms with E-state index in [1.807, 2.05) is 44.2 Å². The van der Waals surface area contributed by atoms with E-state index in [9.17, 15) is 23.1 Å². The van der Waals surface area contributed by atoms with Crippen molar-refractivity contribution in [2.75, 3.05) is 6.54 Å². The third kappa shape index (κ3) is 6.13. The summed E-state index contributed by atoms with van der Waals surface area (Å²) < 4.78 is 40.2. The van der Waals surface area contributed by atoms with Gasteiger partial charge >= 0.3 is 12.1 Å². The van der Waals surface area contributed by atoms with Crippen molar-refractivity contribution < 1.29 is 32.6 Å². The lowest BCUT2D eigenvalue weighted by Gasteiger charge is -2.26. The number of rotatable bonds is 10. The first-order valence-corrected chi connectivity index (χ1v) is 16.6. The first-order valence-electron chi connectivity index (χ1n) is 15.2. The lowest BCUT2D eigenvalue weighted by Crippen LogP contribution is -2.44. The average Bonchev–Trinajstić information content (AvgIpc) is 3.53. The molecular weight excluding hydrogens is 608 g/mol. The number of carbonyl (C=O) groups is 2. The normalized spacial score (nSPS) is 14.8. The van der Waals surface area contributed by atoms with Gasteiger partial charge in [0.25, 0.3) is 10.0 Å². The Bertz CT molecular complexity index is 1850. The highest BCUT2D eigenvalue weighted by atomic mass is 32.2. The average molecular weight is 649 g/mol. The molecule has 0 bridgehead atoms. The Morgan fingerprint density at radius 1 is 1.07 bits per heavy atom. The molecule has 244 valence electrons. The zero-order valence-corrected chi connectivity index (χ0v) is 27.5. The van der Waals surface area contributed by atoms with Crippen LogP contribution < -0.4 is 15.8 Å². The number of fused-ring (bicyclic) bond motifs is 4. The standard InChI is InChI=1S/C34H40N4O7S/c1-19-20(2)30(21(3)27-17-34(4,5)45-29(19)27)46(42,43)38(32(35)36)15-9-14-28(31(39)40)37-33(41)44-18-23-11-8-13-25-24-12-7-6-10-22(24)16-26(23)25/h6-8,10-13,28H,9,14-18H2,1-5H3,(H3,35,36)(H,37,41)(H,39,40)/t28-/m0/s1. The summed E-state index contributed by atoms with van der Waals surface area (Å²) in [5.41, 5.74) is 13.1. The Balaban J connectivity index is 1.24. The number of nitrogens with zero attached hydrogens (tertiary/aromatic N) is 1. The number of sulfonamides is 1. The number of alkyl carbamates (subject to hydrolysis) is 1. The van der Waals surface area contributed by atoms with E-state index < -0.39 is 39.7 Å². The maximum absolute atomic E-state index is 13.9. The predicted molar refractivity (Wildman–Crippen MR) is 174 cm³/mol. The summed E-state index contributed by atoms with van der Waals surface area (Å²) in [7, 11) is -4.28. The summed E-state index contributed by atoms with van der Waals surface area (Å²) >= 11 is 0. The van der Waals surface area contributed by atoms with Gasteiger partial charge in [0.1, 0.15) is 24.0 Å². The van der Waals surface area contributed by atoms with Crippen LogP contribution in [0.4, 0.5) is 4.79 Å². The summed E-state index contributed by atoms with van der Waals surface area (Å²) in [6.07, 6.45) is 0.221. The lowest BCUT2D eigenvalue weighted by atomic mass is 9.94. The topological polar surface area (TPSA) is 172 Å². The molecule has 0 aromatic heterocycles. The zero-order chi connectivity index (χ0) is 33.6. The molecule has 11 nitrogen and oxygen atoms in total. The van der Waals surface area contributed by atoms with E-state index in [2.05, 4.69) is 17.4 Å². The van der Waals surface area contributed by atoms with E-state index in [0.717, 1.165) is 38.5 Å². The number of nitrogens with one attached hydrogen (secondary N) is 2. The number of ether oxygens (including phenoxy) is 2. The number of carbonyl (C=O) groups excluding carboxylic acids is 1. The highest BCUT2D eigenvalue weighted by molar-refractivity contribution is 7.89. The van der Waals surface area contributed by atoms with E-state index in [4.69, 9.17) is 20.6 Å². The number of guanidine groups is 1. The van der Waals surface area contributed by atoms with Crippen LogP contribution in [0.5, 0.6) is 5.75 Å². The van der Waals surface area contributed by atoms with Gasteiger partial charge < -0.3 is 25.6 Å². The van der Waals surface area contributed by atoms with Crippen molar-refractivity contribution in [1.82, 2.24) is 9.62 Å². The van der Waals surface area contributed by atoms with Crippen molar-refractivity contribution in [3.8, 4) is 16.9 Å². The minimum Gasteiger partial charge on any atom is -0.487 e. The SMILES string of the molecule is Cc1c(C)c(S(=O)(=O)N(CCC[C@H](NC(=O)OCc2cccc3c2Cc2ccccc2-3)C(=O)O)C(=N)N)c(C)c2c1OC(C)(C)C2. The molecule has 12 heteroatoms. The quantitative estimate of drug-likeness (QED) is 0.138. The number of aliphatic carboxylic acids is 1. The van der Waals surface area contributed by atoms with Gasteiger partial charge in [0, 0.05) is 18.5 Å². The number of carboxylic acids is 1. The van der Waals surface area contributed by atoms with Gasteiger partial charge in [0.05, 0.1) is 4.90 Å². The molecular formula is C34H40N4O7S. The van der Waals surface area contributed by atoms with Crippen molar-refractivity contribution in [1.29, 1.82) is 5.41 Å². The molecule has 2 aliphatic rings. The second kappa shape index (κ2) is 12.3. The summed E-state index contributed by atoms with van der Waals surface area (Å²) in [5.74, 6) is -1.31. The van der Waals surface area contributed by atoms with Crippen LogP contribution in [0, 0.1) is 26.2 Å². The van der Waals surface area contributed by atoms with E-state index in [-0.39, 0.29) is 30.9 Å². The molecule has 3 aromatic rings. The molecule has 0 saturated heterocycles. The molecule has 0 saturated carbocycles. The fraction of sp³-hybridized carbons (Fsp3) is 0.382. The molecule has 0 fully saturated rings. The largest absolute Gasteiger partial charge is 0.487 e. The third-order valence-corrected chi connectivity index (χ3v) is 10.9. The molecule has 5 N–H and O–H groups in total. The number of carboxylic acid groups (broad SMARTS) is 1. The number of nitrogens with two attached hydrogens (primary N) is 1. The van der Waals surface area contributed by atoms with Gasteiger partial charge in [-0.3, -0.25) is 5.41 Å². The molecule has 5 rings (SSSR count). The predicted octanol–water partition coefficient (Wildman–Crippen LogP) is 4.94. The van der Waals surface area contributed by atoms with Crippen LogP contribution in [0.25, 0.3) is 11.1 Å². The second-order valence-corrected chi connectivity index (χ2v) is 14.3. The fourth-order valence-electron chi connectivity index (χ4n) is 6.49. The van der Waals surface area contributed by atoms with Gasteiger partial charge in [-0.2, -0.15) is 0 Å². The zero-order valence-electron chi connectivity index (χ0n) is 26.7. The molecule has 46 heavy (non-hydrogen) atoms. The van der Waals surface area contributed by atoms with Crippen LogP contribution in [-0.4, -0.2) is 54.0 Å². The van der Waals surface area contributed by atoms with E-state index in [0.29, 0.717) is 28.9 Å². The van der Waals surface area contributed by atoms with Crippen molar-refractivity contribution in [2.24, 2.45) is 5.73 Å². The van der Waals surface area contributed by atoms with Crippen molar-refractivity contribution in [3.05, 3.63) is 81.4 Å². The molecule has 1 aliphatic carbocycles. The molecule has 0 spiro atoms. The highest BCUT2D eigenvalue weighted by Crippen LogP contribution is 2.44. The number of hydrogen-bond donors (Lipinski definition) is 4. The maximum atomic E-state index is 13.9. The molecule has 1 aliphatic heterocycles. The van der Waals surface area contributed by atoms with Gasteiger partial charge in [0.2, 0.25) is 5.96 Å². The Morgan fingerprint density at radius 2 is 1.76 bits per heavy atom. The van der Waals surface area contributed by atoms with Crippen LogP contribution in [-0.2, 0) is 39.0 Å². The van der Waals surface area contributed by atoms with Crippen LogP contribution in [0.15, 0.2) is 47.4 Å². The molecule has 1 heterocycles. The van der Waals surface area contributed by atoms with Crippen LogP contribution >= 0.6 is 0 Å². The van der Waals surface area contributed by atoms with Gasteiger partial charge in [-0.25, -0.2) is 22.3 Å². The summed E-state index contributed by atoms with van der Waals surface area (Å²) in [5, 5.41) is 20.3. The van der Waals surface area contributed by atoms with Crippen LogP contribution in [0.2, 0.25) is 0 Å². The Morgan fingerprint density at radius 3 is 2.46 bits per heavy atom. The van der Waals surface area contributed by atoms with Gasteiger partial charge in [-0.1, -0.05) is 42.5 Å². The summed E-state index contributed by atoms with van der Waals surface area (Å²) in [6.45, 7) is 8.80. The second-order valence-electron chi connectivity index (χ2n) is 12.5. The fourth-order valence-corrected chi connectivity index (χ4v) is 8.39. The minimum atomic E-state index is -4.28. The maximum Gasteiger partial charge on any atom is 0.408 e. The van der Waals surface area contributed by atoms with Crippen LogP contribution in [0.1, 0.15) is 65.6 Å². The summed E-state index contributed by atoms with van der Waals surface area (Å²) in [6, 6.07) is 12.5. The Hall–Kier alpha value is -4.58.